The minimum absolute atomic E-state index is 0.0787. The molecule has 0 bridgehead atoms. The second-order valence-corrected chi connectivity index (χ2v) is 4.86. The van der Waals surface area contributed by atoms with Crippen LogP contribution in [0.25, 0.3) is 0 Å². The van der Waals surface area contributed by atoms with Gasteiger partial charge in [0.15, 0.2) is 0 Å². The summed E-state index contributed by atoms with van der Waals surface area (Å²) in [6, 6.07) is -1.32. The topological polar surface area (TPSA) is 96.4 Å². The number of carboxylic acids is 1. The number of aliphatic carboxylic acids is 1. The van der Waals surface area contributed by atoms with Crippen LogP contribution in [0.3, 0.4) is 0 Å². The first-order chi connectivity index (χ1) is 9.90. The third kappa shape index (κ3) is 4.59. The second-order valence-electron chi connectivity index (χ2n) is 4.86. The molecule has 1 N–H and O–H groups in total. The van der Waals surface area contributed by atoms with Gasteiger partial charge >= 0.3 is 18.0 Å². The molecule has 1 saturated heterocycles. The van der Waals surface area contributed by atoms with Crippen molar-refractivity contribution in [2.45, 2.75) is 31.9 Å². The van der Waals surface area contributed by atoms with Gasteiger partial charge in [-0.05, 0) is 6.92 Å². The first-order valence-electron chi connectivity index (χ1n) is 6.83. The maximum absolute atomic E-state index is 12.3. The summed E-state index contributed by atoms with van der Waals surface area (Å²) in [5.74, 6) is -1.44. The molecule has 8 heteroatoms. The number of carbonyl (C=O) groups is 3. The van der Waals surface area contributed by atoms with Crippen LogP contribution in [0.1, 0.15) is 19.8 Å². The van der Waals surface area contributed by atoms with E-state index in [2.05, 4.69) is 0 Å². The molecule has 0 spiro atoms. The molecule has 1 fully saturated rings. The number of ether oxygens (including phenoxy) is 2. The van der Waals surface area contributed by atoms with Gasteiger partial charge in [0, 0.05) is 33.7 Å². The highest BCUT2D eigenvalue weighted by molar-refractivity contribution is 5.83. The van der Waals surface area contributed by atoms with Crippen LogP contribution in [0, 0.1) is 0 Å². The Morgan fingerprint density at radius 3 is 2.57 bits per heavy atom. The molecule has 0 saturated carbocycles. The van der Waals surface area contributed by atoms with E-state index in [1.165, 1.54) is 24.0 Å². The van der Waals surface area contributed by atoms with Crippen LogP contribution in [0.5, 0.6) is 0 Å². The fourth-order valence-electron chi connectivity index (χ4n) is 2.22. The summed E-state index contributed by atoms with van der Waals surface area (Å²) < 4.78 is 9.92. The van der Waals surface area contributed by atoms with E-state index >= 15 is 0 Å². The van der Waals surface area contributed by atoms with Crippen molar-refractivity contribution in [3.8, 4) is 0 Å². The third-order valence-corrected chi connectivity index (χ3v) is 3.41. The van der Waals surface area contributed by atoms with Gasteiger partial charge in [0.1, 0.15) is 6.04 Å². The van der Waals surface area contributed by atoms with Crippen molar-refractivity contribution < 1.29 is 29.0 Å². The molecule has 0 aromatic heterocycles. The van der Waals surface area contributed by atoms with E-state index in [0.29, 0.717) is 6.61 Å². The predicted octanol–water partition coefficient (Wildman–Crippen LogP) is 0.165. The Balaban J connectivity index is 2.59. The van der Waals surface area contributed by atoms with Crippen molar-refractivity contribution in [1.29, 1.82) is 0 Å². The summed E-state index contributed by atoms with van der Waals surface area (Å²) in [5.41, 5.74) is 0. The second kappa shape index (κ2) is 7.82. The monoisotopic (exact) mass is 302 g/mol. The number of carbonyl (C=O) groups excluding carboxylic acids is 2. The minimum Gasteiger partial charge on any atom is -0.480 e. The summed E-state index contributed by atoms with van der Waals surface area (Å²) in [6.07, 6.45) is 0.0621. The van der Waals surface area contributed by atoms with Gasteiger partial charge in [0.2, 0.25) is 0 Å². The first kappa shape index (κ1) is 17.2. The van der Waals surface area contributed by atoms with Crippen LogP contribution >= 0.6 is 0 Å². The minimum atomic E-state index is -1.05. The van der Waals surface area contributed by atoms with Gasteiger partial charge in [-0.15, -0.1) is 0 Å². The lowest BCUT2D eigenvalue weighted by atomic mass is 10.2. The van der Waals surface area contributed by atoms with Crippen LogP contribution in [-0.4, -0.2) is 78.9 Å². The van der Waals surface area contributed by atoms with Crippen molar-refractivity contribution in [2.75, 3.05) is 33.9 Å². The van der Waals surface area contributed by atoms with E-state index in [1.807, 2.05) is 0 Å². The number of rotatable bonds is 6. The van der Waals surface area contributed by atoms with Crippen molar-refractivity contribution in [3.05, 3.63) is 0 Å². The fraction of sp³-hybridized carbons (Fsp3) is 0.769. The number of esters is 1. The molecule has 0 aromatic carbocycles. The molecule has 2 amide bonds. The van der Waals surface area contributed by atoms with E-state index in [1.54, 1.807) is 6.92 Å². The van der Waals surface area contributed by atoms with Crippen molar-refractivity contribution >= 4 is 18.0 Å². The lowest BCUT2D eigenvalue weighted by Crippen LogP contribution is -2.47. The molecular formula is C13H22N2O6. The largest absolute Gasteiger partial charge is 0.480 e. The number of likely N-dealkylation sites (tertiary alicyclic amines) is 1. The zero-order valence-corrected chi connectivity index (χ0v) is 12.6. The molecule has 120 valence electrons. The molecule has 8 nitrogen and oxygen atoms in total. The average Bonchev–Trinajstić information content (AvgIpc) is 2.88. The summed E-state index contributed by atoms with van der Waals surface area (Å²) in [5, 5.41) is 9.17. The molecule has 0 aliphatic carbocycles. The van der Waals surface area contributed by atoms with Gasteiger partial charge in [0.25, 0.3) is 0 Å². The van der Waals surface area contributed by atoms with Crippen LogP contribution in [-0.2, 0) is 19.1 Å². The number of carboxylic acid groups (broad SMARTS) is 1. The zero-order valence-electron chi connectivity index (χ0n) is 12.6. The van der Waals surface area contributed by atoms with Gasteiger partial charge in [-0.1, -0.05) is 0 Å². The summed E-state index contributed by atoms with van der Waals surface area (Å²) in [6.45, 7) is 2.41. The summed E-state index contributed by atoms with van der Waals surface area (Å²) >= 11 is 0. The highest BCUT2D eigenvalue weighted by Crippen LogP contribution is 2.21. The zero-order chi connectivity index (χ0) is 16.0. The maximum atomic E-state index is 12.3. The molecular weight excluding hydrogens is 280 g/mol. The quantitative estimate of drug-likeness (QED) is 0.702. The summed E-state index contributed by atoms with van der Waals surface area (Å²) in [4.78, 5) is 37.3. The van der Waals surface area contributed by atoms with Gasteiger partial charge < -0.3 is 24.4 Å². The third-order valence-electron chi connectivity index (χ3n) is 3.41. The van der Waals surface area contributed by atoms with E-state index in [4.69, 9.17) is 9.47 Å². The Hall–Kier alpha value is -1.83. The normalized spacial score (nSPS) is 21.2. The van der Waals surface area contributed by atoms with Crippen LogP contribution in [0.15, 0.2) is 0 Å². The Morgan fingerprint density at radius 1 is 1.38 bits per heavy atom. The van der Waals surface area contributed by atoms with Crippen molar-refractivity contribution in [2.24, 2.45) is 0 Å². The molecule has 21 heavy (non-hydrogen) atoms. The molecule has 2 atom stereocenters. The van der Waals surface area contributed by atoms with Gasteiger partial charge in [-0.2, -0.15) is 0 Å². The van der Waals surface area contributed by atoms with E-state index in [0.717, 1.165) is 0 Å². The lowest BCUT2D eigenvalue weighted by molar-refractivity contribution is -0.144. The molecule has 1 heterocycles. The van der Waals surface area contributed by atoms with Crippen molar-refractivity contribution in [1.82, 2.24) is 9.80 Å². The average molecular weight is 302 g/mol. The maximum Gasteiger partial charge on any atom is 0.326 e. The number of amides is 2. The Kier molecular flexibility index (Phi) is 6.41. The number of urea groups is 1. The van der Waals surface area contributed by atoms with Gasteiger partial charge in [-0.3, -0.25) is 4.79 Å². The number of hydrogen-bond acceptors (Lipinski definition) is 5. The van der Waals surface area contributed by atoms with E-state index < -0.39 is 18.0 Å². The smallest absolute Gasteiger partial charge is 0.326 e. The number of methoxy groups -OCH3 is 1. The molecule has 1 rings (SSSR count). The Bertz CT molecular complexity index is 400. The van der Waals surface area contributed by atoms with Crippen LogP contribution in [0.4, 0.5) is 4.79 Å². The fourth-order valence-corrected chi connectivity index (χ4v) is 2.22. The Labute approximate surface area is 123 Å². The standard InChI is InChI=1S/C13H22N2O6/c1-4-21-11(16)5-6-14(2)13(19)15-8-9(20-3)7-10(15)12(17)18/h9-10H,4-8H2,1-3H3,(H,17,18). The molecule has 2 unspecified atom stereocenters. The molecule has 1 aliphatic heterocycles. The van der Waals surface area contributed by atoms with E-state index in [9.17, 15) is 19.5 Å². The Morgan fingerprint density at radius 2 is 2.05 bits per heavy atom. The highest BCUT2D eigenvalue weighted by Gasteiger charge is 2.40. The molecule has 0 aromatic rings. The van der Waals surface area contributed by atoms with Gasteiger partial charge in [-0.25, -0.2) is 9.59 Å². The van der Waals surface area contributed by atoms with Gasteiger partial charge in [0.05, 0.1) is 19.1 Å². The SMILES string of the molecule is CCOC(=O)CCN(C)C(=O)N1CC(OC)CC1C(=O)O. The van der Waals surface area contributed by atoms with E-state index in [-0.39, 0.29) is 38.0 Å². The summed E-state index contributed by atoms with van der Waals surface area (Å²) in [7, 11) is 3.02. The lowest BCUT2D eigenvalue weighted by Gasteiger charge is -2.27. The molecule has 1 aliphatic rings. The van der Waals surface area contributed by atoms with Crippen molar-refractivity contribution in [3.63, 3.8) is 0 Å². The highest BCUT2D eigenvalue weighted by atomic mass is 16.5. The number of nitrogens with zero attached hydrogens (tertiary/aromatic N) is 2. The predicted molar refractivity (Wildman–Crippen MR) is 72.8 cm³/mol. The van der Waals surface area contributed by atoms with Crippen LogP contribution < -0.4 is 0 Å². The number of hydrogen-bond donors (Lipinski definition) is 1. The molecule has 0 radical (unpaired) electrons. The first-order valence-corrected chi connectivity index (χ1v) is 6.83. The van der Waals surface area contributed by atoms with Crippen LogP contribution in [0.2, 0.25) is 0 Å².